The second-order valence-electron chi connectivity index (χ2n) is 14.6. The summed E-state index contributed by atoms with van der Waals surface area (Å²) in [6, 6.07) is 22.4. The number of hydrogen-bond donors (Lipinski definition) is 0. The Morgan fingerprint density at radius 1 is 0.532 bits per heavy atom. The van der Waals surface area contributed by atoms with Crippen LogP contribution in [0.3, 0.4) is 0 Å². The van der Waals surface area contributed by atoms with Crippen molar-refractivity contribution in [1.29, 1.82) is 0 Å². The number of imidazole rings is 1. The van der Waals surface area contributed by atoms with Crippen molar-refractivity contribution in [3.63, 3.8) is 0 Å². The lowest BCUT2D eigenvalue weighted by Crippen LogP contribution is -2.37. The van der Waals surface area contributed by atoms with E-state index in [1.54, 1.807) is 0 Å². The summed E-state index contributed by atoms with van der Waals surface area (Å²) in [4.78, 5) is 0. The van der Waals surface area contributed by atoms with Crippen molar-refractivity contribution in [3.8, 4) is 0 Å². The molecule has 0 fully saturated rings. The summed E-state index contributed by atoms with van der Waals surface area (Å²) >= 11 is 0. The van der Waals surface area contributed by atoms with Crippen LogP contribution in [-0.2, 0) is 25.9 Å². The van der Waals surface area contributed by atoms with Crippen LogP contribution in [0.5, 0.6) is 0 Å². The molecule has 1 atom stereocenters. The summed E-state index contributed by atoms with van der Waals surface area (Å²) in [5.74, 6) is 2.03. The van der Waals surface area contributed by atoms with Crippen molar-refractivity contribution >= 4 is 0 Å². The second kappa shape index (κ2) is 25.6. The molecule has 262 valence electrons. The van der Waals surface area contributed by atoms with Crippen molar-refractivity contribution in [2.24, 2.45) is 0 Å². The van der Waals surface area contributed by atoms with Gasteiger partial charge in [-0.2, -0.15) is 0 Å². The van der Waals surface area contributed by atoms with Crippen LogP contribution >= 0.6 is 0 Å². The highest BCUT2D eigenvalue weighted by Crippen LogP contribution is 2.23. The third-order valence-corrected chi connectivity index (χ3v) is 10.4. The summed E-state index contributed by atoms with van der Waals surface area (Å²) in [6.45, 7) is 9.34. The van der Waals surface area contributed by atoms with Crippen molar-refractivity contribution < 1.29 is 4.57 Å². The lowest BCUT2D eigenvalue weighted by molar-refractivity contribution is -0.704. The maximum Gasteiger partial charge on any atom is 0.261 e. The van der Waals surface area contributed by atoms with Gasteiger partial charge in [-0.05, 0) is 42.7 Å². The van der Waals surface area contributed by atoms with Gasteiger partial charge in [0.05, 0.1) is 19.5 Å². The van der Waals surface area contributed by atoms with Crippen LogP contribution in [0.2, 0.25) is 0 Å². The van der Waals surface area contributed by atoms with E-state index in [9.17, 15) is 0 Å². The number of aryl methyl sites for hydroxylation is 1. The first kappa shape index (κ1) is 39.1. The van der Waals surface area contributed by atoms with E-state index < -0.39 is 0 Å². The first-order valence-electron chi connectivity index (χ1n) is 20.4. The van der Waals surface area contributed by atoms with Crippen LogP contribution in [0.4, 0.5) is 0 Å². The average Bonchev–Trinajstić information content (AvgIpc) is 3.41. The standard InChI is InChI=1S/C45H73N2/c1-4-6-8-10-12-14-16-17-18-20-22-30-36-46-40-44(38-41(3)43-34-28-25-29-35-43)47(45(46)39-42-32-26-24-27-33-42)37-31-23-21-19-15-13-11-9-7-5-2/h24-29,32-35,40-41H,4-23,30-31,36-39H2,1-3H3/q+1. The molecule has 1 aromatic heterocycles. The molecule has 3 rings (SSSR count). The molecule has 1 unspecified atom stereocenters. The fourth-order valence-electron chi connectivity index (χ4n) is 7.34. The van der Waals surface area contributed by atoms with E-state index in [2.05, 4.69) is 96.8 Å². The summed E-state index contributed by atoms with van der Waals surface area (Å²) in [7, 11) is 0. The molecule has 1 heterocycles. The Bertz CT molecular complexity index is 1130. The maximum absolute atomic E-state index is 2.75. The van der Waals surface area contributed by atoms with Crippen LogP contribution in [0.15, 0.2) is 66.9 Å². The van der Waals surface area contributed by atoms with E-state index in [4.69, 9.17) is 0 Å². The van der Waals surface area contributed by atoms with Gasteiger partial charge in [0.1, 0.15) is 11.9 Å². The number of aromatic nitrogens is 2. The molecule has 0 aliphatic rings. The topological polar surface area (TPSA) is 8.81 Å². The zero-order valence-corrected chi connectivity index (χ0v) is 31.2. The molecule has 3 aromatic rings. The summed E-state index contributed by atoms with van der Waals surface area (Å²) < 4.78 is 5.41. The molecular formula is C45H73N2+. The molecule has 0 N–H and O–H groups in total. The minimum absolute atomic E-state index is 0.516. The predicted molar refractivity (Wildman–Crippen MR) is 205 cm³/mol. The minimum Gasteiger partial charge on any atom is -0.234 e. The highest BCUT2D eigenvalue weighted by atomic mass is 15.2. The van der Waals surface area contributed by atoms with E-state index in [1.165, 1.54) is 164 Å². The van der Waals surface area contributed by atoms with Gasteiger partial charge < -0.3 is 0 Å². The summed E-state index contributed by atoms with van der Waals surface area (Å²) in [5.41, 5.74) is 4.42. The fraction of sp³-hybridized carbons (Fsp3) is 0.667. The van der Waals surface area contributed by atoms with Gasteiger partial charge in [0.15, 0.2) is 0 Å². The zero-order chi connectivity index (χ0) is 33.2. The first-order chi connectivity index (χ1) is 23.2. The van der Waals surface area contributed by atoms with E-state index >= 15 is 0 Å². The van der Waals surface area contributed by atoms with Crippen LogP contribution in [-0.4, -0.2) is 4.57 Å². The molecule has 0 saturated carbocycles. The molecular weight excluding hydrogens is 569 g/mol. The molecule has 0 bridgehead atoms. The van der Waals surface area contributed by atoms with Crippen LogP contribution in [0.25, 0.3) is 0 Å². The molecule has 0 aliphatic carbocycles. The Labute approximate surface area is 291 Å². The van der Waals surface area contributed by atoms with Gasteiger partial charge in [0.25, 0.3) is 5.82 Å². The molecule has 0 spiro atoms. The Hall–Kier alpha value is -2.35. The minimum atomic E-state index is 0.516. The maximum atomic E-state index is 2.75. The largest absolute Gasteiger partial charge is 0.261 e. The first-order valence-corrected chi connectivity index (χ1v) is 20.4. The quantitative estimate of drug-likeness (QED) is 0.0527. The van der Waals surface area contributed by atoms with E-state index in [0.717, 1.165) is 25.9 Å². The van der Waals surface area contributed by atoms with Gasteiger partial charge in [-0.1, -0.05) is 197 Å². The number of benzene rings is 2. The van der Waals surface area contributed by atoms with Crippen LogP contribution in [0, 0.1) is 0 Å². The predicted octanol–water partition coefficient (Wildman–Crippen LogP) is 13.3. The average molecular weight is 642 g/mol. The number of unbranched alkanes of at least 4 members (excludes halogenated alkanes) is 20. The molecule has 2 heteroatoms. The van der Waals surface area contributed by atoms with Gasteiger partial charge in [-0.3, -0.25) is 0 Å². The smallest absolute Gasteiger partial charge is 0.234 e. The number of hydrogen-bond acceptors (Lipinski definition) is 0. The molecule has 0 radical (unpaired) electrons. The Balaban J connectivity index is 1.60. The highest BCUT2D eigenvalue weighted by Gasteiger charge is 2.25. The normalized spacial score (nSPS) is 12.1. The summed E-state index contributed by atoms with van der Waals surface area (Å²) in [5, 5.41) is 0. The monoisotopic (exact) mass is 642 g/mol. The van der Waals surface area contributed by atoms with Gasteiger partial charge in [0.2, 0.25) is 0 Å². The van der Waals surface area contributed by atoms with E-state index in [1.807, 2.05) is 0 Å². The third-order valence-electron chi connectivity index (χ3n) is 10.4. The number of nitrogens with zero attached hydrogens (tertiary/aromatic N) is 2. The summed E-state index contributed by atoms with van der Waals surface area (Å²) in [6.07, 6.45) is 35.4. The molecule has 0 amide bonds. The van der Waals surface area contributed by atoms with Gasteiger partial charge >= 0.3 is 0 Å². The van der Waals surface area contributed by atoms with Crippen LogP contribution < -0.4 is 4.57 Å². The van der Waals surface area contributed by atoms with Gasteiger partial charge in [0, 0.05) is 6.42 Å². The van der Waals surface area contributed by atoms with Gasteiger partial charge in [-0.15, -0.1) is 0 Å². The molecule has 0 aliphatic heterocycles. The second-order valence-corrected chi connectivity index (χ2v) is 14.6. The van der Waals surface area contributed by atoms with E-state index in [-0.39, 0.29) is 0 Å². The SMILES string of the molecule is CCCCCCCCCCCCCC[n+]1cc(CC(C)c2ccccc2)n(CCCCCCCCCCCC)c1Cc1ccccc1. The molecule has 0 saturated heterocycles. The Morgan fingerprint density at radius 3 is 1.49 bits per heavy atom. The molecule has 2 nitrogen and oxygen atoms in total. The van der Waals surface area contributed by atoms with Crippen molar-refractivity contribution in [2.45, 2.75) is 194 Å². The Kier molecular flexibility index (Phi) is 21.3. The number of rotatable bonds is 29. The highest BCUT2D eigenvalue weighted by molar-refractivity contribution is 5.22. The Morgan fingerprint density at radius 2 is 0.979 bits per heavy atom. The van der Waals surface area contributed by atoms with Crippen LogP contribution in [0.1, 0.15) is 191 Å². The third kappa shape index (κ3) is 16.5. The molecule has 47 heavy (non-hydrogen) atoms. The van der Waals surface area contributed by atoms with Crippen molar-refractivity contribution in [2.75, 3.05) is 0 Å². The zero-order valence-electron chi connectivity index (χ0n) is 31.2. The van der Waals surface area contributed by atoms with E-state index in [0.29, 0.717) is 5.92 Å². The van der Waals surface area contributed by atoms with Crippen molar-refractivity contribution in [3.05, 3.63) is 89.5 Å². The molecule has 2 aromatic carbocycles. The van der Waals surface area contributed by atoms with Gasteiger partial charge in [-0.25, -0.2) is 9.13 Å². The fourth-order valence-corrected chi connectivity index (χ4v) is 7.34. The lowest BCUT2D eigenvalue weighted by atomic mass is 9.96. The van der Waals surface area contributed by atoms with Crippen molar-refractivity contribution in [1.82, 2.24) is 4.57 Å². The lowest BCUT2D eigenvalue weighted by Gasteiger charge is -2.12.